The third-order valence-electron chi connectivity index (χ3n) is 5.89. The number of rotatable bonds is 6. The van der Waals surface area contributed by atoms with Gasteiger partial charge in [-0.3, -0.25) is 9.69 Å². The van der Waals surface area contributed by atoms with Gasteiger partial charge in [-0.2, -0.15) is 0 Å². The Kier molecular flexibility index (Phi) is 7.39. The molecule has 1 saturated heterocycles. The quantitative estimate of drug-likeness (QED) is 0.743. The van der Waals surface area contributed by atoms with Crippen LogP contribution in [0, 0.1) is 5.92 Å². The summed E-state index contributed by atoms with van der Waals surface area (Å²) in [6.07, 6.45) is 9.27. The highest BCUT2D eigenvalue weighted by atomic mass is 16.5. The summed E-state index contributed by atoms with van der Waals surface area (Å²) < 4.78 is 5.47. The lowest BCUT2D eigenvalue weighted by atomic mass is 9.94. The Bertz CT molecular complexity index is 604. The Morgan fingerprint density at radius 1 is 1.15 bits per heavy atom. The first-order valence-corrected chi connectivity index (χ1v) is 10.6. The molecule has 0 atom stereocenters. The standard InChI is InChI=1S/C22H34N2O3/c1-2-27-21-15-17(9-10-20(21)25)16-24-13-11-18(12-14-24)22(26)23-19-7-5-3-4-6-8-19/h9-10,15,18-19,25H,2-8,11-14,16H2,1H3,(H,23,26). The van der Waals surface area contributed by atoms with Gasteiger partial charge in [-0.15, -0.1) is 0 Å². The van der Waals surface area contributed by atoms with Crippen molar-refractivity contribution in [3.63, 3.8) is 0 Å². The fraction of sp³-hybridized carbons (Fsp3) is 0.682. The second-order valence-electron chi connectivity index (χ2n) is 7.98. The molecule has 1 amide bonds. The van der Waals surface area contributed by atoms with Crippen LogP contribution in [0.15, 0.2) is 18.2 Å². The van der Waals surface area contributed by atoms with Crippen LogP contribution in [0.25, 0.3) is 0 Å². The molecule has 2 N–H and O–H groups in total. The summed E-state index contributed by atoms with van der Waals surface area (Å²) in [5.74, 6) is 1.16. The SMILES string of the molecule is CCOc1cc(CN2CCC(C(=O)NC3CCCCCC3)CC2)ccc1O. The number of carbonyl (C=O) groups excluding carboxylic acids is 1. The molecular formula is C22H34N2O3. The van der Waals surface area contributed by atoms with Crippen LogP contribution in [0.5, 0.6) is 11.5 Å². The largest absolute Gasteiger partial charge is 0.504 e. The van der Waals surface area contributed by atoms with Gasteiger partial charge in [0.2, 0.25) is 5.91 Å². The lowest BCUT2D eigenvalue weighted by molar-refractivity contribution is -0.127. The Labute approximate surface area is 163 Å². The van der Waals surface area contributed by atoms with Gasteiger partial charge >= 0.3 is 0 Å². The van der Waals surface area contributed by atoms with Gasteiger partial charge in [0.05, 0.1) is 6.61 Å². The molecule has 27 heavy (non-hydrogen) atoms. The van der Waals surface area contributed by atoms with E-state index in [0.29, 0.717) is 18.4 Å². The first-order valence-electron chi connectivity index (χ1n) is 10.6. The molecule has 2 fully saturated rings. The van der Waals surface area contributed by atoms with E-state index in [0.717, 1.165) is 50.9 Å². The first kappa shape index (κ1) is 20.0. The molecule has 1 aromatic rings. The van der Waals surface area contributed by atoms with E-state index in [4.69, 9.17) is 4.74 Å². The summed E-state index contributed by atoms with van der Waals surface area (Å²) in [6.45, 7) is 5.16. The smallest absolute Gasteiger partial charge is 0.223 e. The van der Waals surface area contributed by atoms with E-state index in [1.807, 2.05) is 19.1 Å². The molecule has 150 valence electrons. The summed E-state index contributed by atoms with van der Waals surface area (Å²) in [7, 11) is 0. The van der Waals surface area contributed by atoms with E-state index in [1.54, 1.807) is 6.07 Å². The Morgan fingerprint density at radius 2 is 1.85 bits per heavy atom. The lowest BCUT2D eigenvalue weighted by Crippen LogP contribution is -2.43. The molecule has 0 spiro atoms. The molecule has 2 aliphatic rings. The van der Waals surface area contributed by atoms with Crippen molar-refractivity contribution < 1.29 is 14.6 Å². The number of amides is 1. The van der Waals surface area contributed by atoms with Crippen LogP contribution in [0.1, 0.15) is 63.9 Å². The van der Waals surface area contributed by atoms with Crippen molar-refractivity contribution in [2.45, 2.75) is 70.9 Å². The molecule has 0 bridgehead atoms. The number of likely N-dealkylation sites (tertiary alicyclic amines) is 1. The number of piperidine rings is 1. The number of aromatic hydroxyl groups is 1. The van der Waals surface area contributed by atoms with Gasteiger partial charge in [0.1, 0.15) is 0 Å². The van der Waals surface area contributed by atoms with Crippen molar-refractivity contribution in [1.82, 2.24) is 10.2 Å². The monoisotopic (exact) mass is 374 g/mol. The maximum atomic E-state index is 12.6. The highest BCUT2D eigenvalue weighted by molar-refractivity contribution is 5.79. The van der Waals surface area contributed by atoms with Gasteiger partial charge in [-0.05, 0) is 63.4 Å². The maximum Gasteiger partial charge on any atom is 0.223 e. The van der Waals surface area contributed by atoms with E-state index < -0.39 is 0 Å². The molecular weight excluding hydrogens is 340 g/mol. The van der Waals surface area contributed by atoms with Crippen LogP contribution in [-0.4, -0.2) is 41.7 Å². The Morgan fingerprint density at radius 3 is 2.52 bits per heavy atom. The normalized spacial score (nSPS) is 20.2. The van der Waals surface area contributed by atoms with Crippen molar-refractivity contribution in [3.05, 3.63) is 23.8 Å². The molecule has 1 aromatic carbocycles. The van der Waals surface area contributed by atoms with Gasteiger partial charge < -0.3 is 15.2 Å². The zero-order chi connectivity index (χ0) is 19.1. The van der Waals surface area contributed by atoms with E-state index in [1.165, 1.54) is 25.7 Å². The minimum atomic E-state index is 0.156. The number of benzene rings is 1. The number of phenolic OH excluding ortho intramolecular Hbond substituents is 1. The summed E-state index contributed by atoms with van der Waals surface area (Å²) in [6, 6.07) is 5.96. The van der Waals surface area contributed by atoms with Crippen molar-refractivity contribution in [1.29, 1.82) is 0 Å². The van der Waals surface area contributed by atoms with Gasteiger partial charge in [-0.1, -0.05) is 31.7 Å². The van der Waals surface area contributed by atoms with Gasteiger partial charge in [-0.25, -0.2) is 0 Å². The maximum absolute atomic E-state index is 12.6. The van der Waals surface area contributed by atoms with Crippen LogP contribution in [-0.2, 0) is 11.3 Å². The van der Waals surface area contributed by atoms with E-state index >= 15 is 0 Å². The fourth-order valence-corrected chi connectivity index (χ4v) is 4.28. The molecule has 0 aromatic heterocycles. The Hall–Kier alpha value is -1.75. The van der Waals surface area contributed by atoms with Crippen LogP contribution >= 0.6 is 0 Å². The summed E-state index contributed by atoms with van der Waals surface area (Å²) in [5.41, 5.74) is 1.14. The van der Waals surface area contributed by atoms with Crippen LogP contribution < -0.4 is 10.1 Å². The second kappa shape index (κ2) is 9.98. The molecule has 1 saturated carbocycles. The minimum absolute atomic E-state index is 0.156. The summed E-state index contributed by atoms with van der Waals surface area (Å²) in [4.78, 5) is 15.0. The number of nitrogens with zero attached hydrogens (tertiary/aromatic N) is 1. The van der Waals surface area contributed by atoms with Gasteiger partial charge in [0, 0.05) is 18.5 Å². The van der Waals surface area contributed by atoms with E-state index in [2.05, 4.69) is 10.2 Å². The number of ether oxygens (including phenoxy) is 1. The topological polar surface area (TPSA) is 61.8 Å². The van der Waals surface area contributed by atoms with Crippen molar-refractivity contribution in [2.24, 2.45) is 5.92 Å². The molecule has 5 nitrogen and oxygen atoms in total. The third kappa shape index (κ3) is 5.86. The molecule has 0 unspecified atom stereocenters. The van der Waals surface area contributed by atoms with Crippen molar-refractivity contribution in [2.75, 3.05) is 19.7 Å². The van der Waals surface area contributed by atoms with Crippen LogP contribution in [0.2, 0.25) is 0 Å². The fourth-order valence-electron chi connectivity index (χ4n) is 4.28. The number of carbonyl (C=O) groups is 1. The predicted molar refractivity (Wildman–Crippen MR) is 107 cm³/mol. The number of hydrogen-bond donors (Lipinski definition) is 2. The molecule has 1 heterocycles. The van der Waals surface area contributed by atoms with Crippen LogP contribution in [0.4, 0.5) is 0 Å². The highest BCUT2D eigenvalue weighted by Gasteiger charge is 2.26. The average Bonchev–Trinajstić information content (AvgIpc) is 2.94. The lowest BCUT2D eigenvalue weighted by Gasteiger charge is -2.32. The molecule has 3 rings (SSSR count). The summed E-state index contributed by atoms with van der Waals surface area (Å²) in [5, 5.41) is 13.2. The zero-order valence-electron chi connectivity index (χ0n) is 16.6. The molecule has 5 heteroatoms. The number of phenols is 1. The first-order chi connectivity index (χ1) is 13.2. The Balaban J connectivity index is 1.45. The van der Waals surface area contributed by atoms with Crippen LogP contribution in [0.3, 0.4) is 0 Å². The predicted octanol–water partition coefficient (Wildman–Crippen LogP) is 3.84. The third-order valence-corrected chi connectivity index (χ3v) is 5.89. The van der Waals surface area contributed by atoms with Gasteiger partial charge in [0.25, 0.3) is 0 Å². The molecule has 1 aliphatic heterocycles. The molecule has 1 aliphatic carbocycles. The van der Waals surface area contributed by atoms with Gasteiger partial charge in [0.15, 0.2) is 11.5 Å². The van der Waals surface area contributed by atoms with E-state index in [9.17, 15) is 9.90 Å². The summed E-state index contributed by atoms with van der Waals surface area (Å²) >= 11 is 0. The highest BCUT2D eigenvalue weighted by Crippen LogP contribution is 2.28. The second-order valence-corrected chi connectivity index (χ2v) is 7.98. The number of hydrogen-bond acceptors (Lipinski definition) is 4. The van der Waals surface area contributed by atoms with Crippen molar-refractivity contribution in [3.8, 4) is 11.5 Å². The molecule has 0 radical (unpaired) electrons. The minimum Gasteiger partial charge on any atom is -0.504 e. The number of nitrogens with one attached hydrogen (secondary N) is 1. The average molecular weight is 375 g/mol. The van der Waals surface area contributed by atoms with E-state index in [-0.39, 0.29) is 17.6 Å². The van der Waals surface area contributed by atoms with Crippen molar-refractivity contribution >= 4 is 5.91 Å². The zero-order valence-corrected chi connectivity index (χ0v) is 16.6.